The highest BCUT2D eigenvalue weighted by Gasteiger charge is 2.22. The Bertz CT molecular complexity index is 428. The predicted molar refractivity (Wildman–Crippen MR) is 80.0 cm³/mol. The molecule has 0 heterocycles. The molecule has 2 nitrogen and oxygen atoms in total. The molecule has 1 aliphatic rings. The van der Waals surface area contributed by atoms with Crippen LogP contribution in [0.5, 0.6) is 0 Å². The largest absolute Gasteiger partial charge is 0.382 e. The van der Waals surface area contributed by atoms with Gasteiger partial charge >= 0.3 is 0 Å². The van der Waals surface area contributed by atoms with Gasteiger partial charge in [0.1, 0.15) is 0 Å². The first-order valence-corrected chi connectivity index (χ1v) is 7.44. The molecular formula is C17H24N2. The molecule has 2 heteroatoms. The van der Waals surface area contributed by atoms with Gasteiger partial charge in [0.25, 0.3) is 0 Å². The van der Waals surface area contributed by atoms with Crippen LogP contribution >= 0.6 is 0 Å². The van der Waals surface area contributed by atoms with E-state index in [-0.39, 0.29) is 0 Å². The molecule has 19 heavy (non-hydrogen) atoms. The van der Waals surface area contributed by atoms with Crippen molar-refractivity contribution in [3.63, 3.8) is 0 Å². The number of nitrogens with zero attached hydrogens (tertiary/aromatic N) is 1. The standard InChI is InChI=1S/C17H24N2/c1-13(2)10-15-4-3-5-17(11-15)19-16-8-6-14(12-18)7-9-16/h6-9,13,15,17,19H,3-5,10-11H2,1-2H3. The molecule has 1 saturated carbocycles. The molecule has 0 amide bonds. The zero-order valence-corrected chi connectivity index (χ0v) is 12.0. The fourth-order valence-corrected chi connectivity index (χ4v) is 3.18. The topological polar surface area (TPSA) is 35.8 Å². The molecule has 0 saturated heterocycles. The van der Waals surface area contributed by atoms with Crippen LogP contribution in [-0.2, 0) is 0 Å². The molecule has 102 valence electrons. The van der Waals surface area contributed by atoms with Crippen molar-refractivity contribution in [2.75, 3.05) is 5.32 Å². The van der Waals surface area contributed by atoms with Crippen molar-refractivity contribution in [2.24, 2.45) is 11.8 Å². The number of nitrogens with one attached hydrogen (secondary N) is 1. The second kappa shape index (κ2) is 6.61. The minimum atomic E-state index is 0.602. The Morgan fingerprint density at radius 2 is 2.00 bits per heavy atom. The van der Waals surface area contributed by atoms with E-state index in [9.17, 15) is 0 Å². The Morgan fingerprint density at radius 1 is 1.26 bits per heavy atom. The van der Waals surface area contributed by atoms with Crippen molar-refractivity contribution in [1.82, 2.24) is 0 Å². The Balaban J connectivity index is 1.89. The Morgan fingerprint density at radius 3 is 2.63 bits per heavy atom. The van der Waals surface area contributed by atoms with Crippen LogP contribution in [0, 0.1) is 23.2 Å². The van der Waals surface area contributed by atoms with Gasteiger partial charge in [0.2, 0.25) is 0 Å². The molecule has 1 aliphatic carbocycles. The average molecular weight is 256 g/mol. The quantitative estimate of drug-likeness (QED) is 0.856. The van der Waals surface area contributed by atoms with Crippen LogP contribution in [0.15, 0.2) is 24.3 Å². The lowest BCUT2D eigenvalue weighted by Crippen LogP contribution is -2.27. The number of rotatable bonds is 4. The maximum absolute atomic E-state index is 8.80. The first-order valence-electron chi connectivity index (χ1n) is 7.44. The fourth-order valence-electron chi connectivity index (χ4n) is 3.18. The van der Waals surface area contributed by atoms with Crippen molar-refractivity contribution >= 4 is 5.69 Å². The number of hydrogen-bond donors (Lipinski definition) is 1. The molecule has 0 radical (unpaired) electrons. The van der Waals surface area contributed by atoms with E-state index in [0.717, 1.165) is 23.1 Å². The summed E-state index contributed by atoms with van der Waals surface area (Å²) in [5.41, 5.74) is 1.88. The van der Waals surface area contributed by atoms with Crippen molar-refractivity contribution in [3.8, 4) is 6.07 Å². The van der Waals surface area contributed by atoms with Crippen molar-refractivity contribution in [3.05, 3.63) is 29.8 Å². The minimum Gasteiger partial charge on any atom is -0.382 e. The second-order valence-corrected chi connectivity index (χ2v) is 6.19. The molecule has 0 bridgehead atoms. The maximum Gasteiger partial charge on any atom is 0.0991 e. The van der Waals surface area contributed by atoms with Gasteiger partial charge in [-0.2, -0.15) is 5.26 Å². The first kappa shape index (κ1) is 13.9. The van der Waals surface area contributed by atoms with Crippen LogP contribution in [-0.4, -0.2) is 6.04 Å². The number of nitriles is 1. The lowest BCUT2D eigenvalue weighted by atomic mass is 9.81. The molecule has 2 atom stereocenters. The molecule has 1 aromatic carbocycles. The van der Waals surface area contributed by atoms with Crippen molar-refractivity contribution in [1.29, 1.82) is 5.26 Å². The van der Waals surface area contributed by atoms with Crippen LogP contribution in [0.1, 0.15) is 51.5 Å². The van der Waals surface area contributed by atoms with E-state index in [4.69, 9.17) is 5.26 Å². The van der Waals surface area contributed by atoms with Gasteiger partial charge in [0.05, 0.1) is 11.6 Å². The monoisotopic (exact) mass is 256 g/mol. The van der Waals surface area contributed by atoms with Crippen molar-refractivity contribution < 1.29 is 0 Å². The number of benzene rings is 1. The third-order valence-electron chi connectivity index (χ3n) is 3.97. The maximum atomic E-state index is 8.80. The lowest BCUT2D eigenvalue weighted by Gasteiger charge is -2.31. The zero-order valence-electron chi connectivity index (χ0n) is 12.0. The van der Waals surface area contributed by atoms with E-state index in [0.29, 0.717) is 6.04 Å². The van der Waals surface area contributed by atoms with Gasteiger partial charge < -0.3 is 5.32 Å². The highest BCUT2D eigenvalue weighted by molar-refractivity contribution is 5.47. The summed E-state index contributed by atoms with van der Waals surface area (Å²) in [5.74, 6) is 1.68. The third-order valence-corrected chi connectivity index (χ3v) is 3.97. The summed E-state index contributed by atoms with van der Waals surface area (Å²) in [6, 6.07) is 10.6. The SMILES string of the molecule is CC(C)CC1CCCC(Nc2ccc(C#N)cc2)C1. The smallest absolute Gasteiger partial charge is 0.0991 e. The van der Waals surface area contributed by atoms with E-state index in [2.05, 4.69) is 25.2 Å². The zero-order chi connectivity index (χ0) is 13.7. The lowest BCUT2D eigenvalue weighted by molar-refractivity contribution is 0.289. The third kappa shape index (κ3) is 4.28. The Labute approximate surface area is 116 Å². The summed E-state index contributed by atoms with van der Waals surface area (Å²) in [7, 11) is 0. The summed E-state index contributed by atoms with van der Waals surface area (Å²) in [5, 5.41) is 12.4. The van der Waals surface area contributed by atoms with Gasteiger partial charge in [-0.15, -0.1) is 0 Å². The first-order chi connectivity index (χ1) is 9.17. The molecule has 1 N–H and O–H groups in total. The highest BCUT2D eigenvalue weighted by atomic mass is 14.9. The van der Waals surface area contributed by atoms with E-state index in [1.807, 2.05) is 24.3 Å². The molecule has 2 unspecified atom stereocenters. The van der Waals surface area contributed by atoms with E-state index < -0.39 is 0 Å². The summed E-state index contributed by atoms with van der Waals surface area (Å²) >= 11 is 0. The van der Waals surface area contributed by atoms with Crippen LogP contribution in [0.25, 0.3) is 0 Å². The van der Waals surface area contributed by atoms with Crippen LogP contribution in [0.2, 0.25) is 0 Å². The fraction of sp³-hybridized carbons (Fsp3) is 0.588. The molecule has 1 aromatic rings. The highest BCUT2D eigenvalue weighted by Crippen LogP contribution is 2.31. The van der Waals surface area contributed by atoms with Gasteiger partial charge in [0, 0.05) is 11.7 Å². The molecule has 2 rings (SSSR count). The normalized spacial score (nSPS) is 23.1. The molecule has 0 spiro atoms. The molecular weight excluding hydrogens is 232 g/mol. The van der Waals surface area contributed by atoms with E-state index in [1.54, 1.807) is 0 Å². The minimum absolute atomic E-state index is 0.602. The average Bonchev–Trinajstić information content (AvgIpc) is 2.39. The van der Waals surface area contributed by atoms with Gasteiger partial charge in [0.15, 0.2) is 0 Å². The predicted octanol–water partition coefficient (Wildman–Crippen LogP) is 4.58. The van der Waals surface area contributed by atoms with Gasteiger partial charge in [-0.25, -0.2) is 0 Å². The van der Waals surface area contributed by atoms with Crippen LogP contribution < -0.4 is 5.32 Å². The van der Waals surface area contributed by atoms with Gasteiger partial charge in [-0.3, -0.25) is 0 Å². The molecule has 0 aliphatic heterocycles. The van der Waals surface area contributed by atoms with E-state index >= 15 is 0 Å². The molecule has 1 fully saturated rings. The van der Waals surface area contributed by atoms with Gasteiger partial charge in [-0.05, 0) is 55.4 Å². The second-order valence-electron chi connectivity index (χ2n) is 6.19. The van der Waals surface area contributed by atoms with E-state index in [1.165, 1.54) is 32.1 Å². The van der Waals surface area contributed by atoms with Crippen LogP contribution in [0.3, 0.4) is 0 Å². The van der Waals surface area contributed by atoms with Gasteiger partial charge in [-0.1, -0.05) is 26.7 Å². The summed E-state index contributed by atoms with van der Waals surface area (Å²) < 4.78 is 0. The Kier molecular flexibility index (Phi) is 4.85. The number of hydrogen-bond acceptors (Lipinski definition) is 2. The number of anilines is 1. The molecule has 0 aromatic heterocycles. The summed E-state index contributed by atoms with van der Waals surface area (Å²) in [6.45, 7) is 4.63. The van der Waals surface area contributed by atoms with Crippen molar-refractivity contribution in [2.45, 2.75) is 52.0 Å². The van der Waals surface area contributed by atoms with Crippen LogP contribution in [0.4, 0.5) is 5.69 Å². The Hall–Kier alpha value is -1.49. The summed E-state index contributed by atoms with van der Waals surface area (Å²) in [6.07, 6.45) is 6.65. The summed E-state index contributed by atoms with van der Waals surface area (Å²) in [4.78, 5) is 0.